The van der Waals surface area contributed by atoms with Crippen LogP contribution in [-0.2, 0) is 11.3 Å². The first-order chi connectivity index (χ1) is 7.20. The Morgan fingerprint density at radius 2 is 2.40 bits per heavy atom. The van der Waals surface area contributed by atoms with E-state index in [1.807, 2.05) is 19.1 Å². The Balaban J connectivity index is 2.33. The summed E-state index contributed by atoms with van der Waals surface area (Å²) in [5.41, 5.74) is 7.28. The fraction of sp³-hybridized carbons (Fsp3) is 0.364. The van der Waals surface area contributed by atoms with Crippen LogP contribution in [0.25, 0.3) is 0 Å². The minimum Gasteiger partial charge on any atom is -0.480 e. The molecule has 0 saturated carbocycles. The summed E-state index contributed by atoms with van der Waals surface area (Å²) < 4.78 is 5.61. The van der Waals surface area contributed by atoms with Crippen LogP contribution < -0.4 is 15.8 Å². The summed E-state index contributed by atoms with van der Waals surface area (Å²) in [6.45, 7) is 2.41. The van der Waals surface area contributed by atoms with Crippen molar-refractivity contribution in [3.05, 3.63) is 23.8 Å². The van der Waals surface area contributed by atoms with Crippen LogP contribution in [0.5, 0.6) is 5.75 Å². The molecule has 1 aromatic carbocycles. The van der Waals surface area contributed by atoms with Gasteiger partial charge in [-0.3, -0.25) is 4.79 Å². The summed E-state index contributed by atoms with van der Waals surface area (Å²) in [5, 5.41) is 2.81. The third kappa shape index (κ3) is 1.88. The molecular formula is C11H14N2O2. The molecule has 1 aliphatic rings. The van der Waals surface area contributed by atoms with Crippen molar-refractivity contribution in [3.63, 3.8) is 0 Å². The molecule has 15 heavy (non-hydrogen) atoms. The molecule has 0 aromatic heterocycles. The third-order valence-corrected chi connectivity index (χ3v) is 2.47. The van der Waals surface area contributed by atoms with Crippen LogP contribution in [0.2, 0.25) is 0 Å². The van der Waals surface area contributed by atoms with Crippen LogP contribution in [0.15, 0.2) is 18.2 Å². The molecule has 1 aromatic rings. The fourth-order valence-electron chi connectivity index (χ4n) is 1.62. The number of carbonyl (C=O) groups is 1. The third-order valence-electron chi connectivity index (χ3n) is 2.47. The molecule has 1 atom stereocenters. The molecule has 4 heteroatoms. The molecule has 1 unspecified atom stereocenters. The Hall–Kier alpha value is -1.71. The number of carbonyl (C=O) groups excluding carboxylic acids is 1. The van der Waals surface area contributed by atoms with Gasteiger partial charge in [0.2, 0.25) is 0 Å². The van der Waals surface area contributed by atoms with E-state index in [2.05, 4.69) is 5.32 Å². The highest BCUT2D eigenvalue weighted by atomic mass is 16.5. The van der Waals surface area contributed by atoms with Crippen LogP contribution in [-0.4, -0.2) is 12.0 Å². The number of rotatable bonds is 1. The van der Waals surface area contributed by atoms with Gasteiger partial charge in [0.1, 0.15) is 5.75 Å². The van der Waals surface area contributed by atoms with Crippen molar-refractivity contribution < 1.29 is 9.53 Å². The zero-order valence-electron chi connectivity index (χ0n) is 8.62. The predicted molar refractivity (Wildman–Crippen MR) is 57.4 cm³/mol. The van der Waals surface area contributed by atoms with Gasteiger partial charge < -0.3 is 15.8 Å². The lowest BCUT2D eigenvalue weighted by atomic mass is 10.2. The number of hydrogen-bond donors (Lipinski definition) is 2. The van der Waals surface area contributed by atoms with Crippen molar-refractivity contribution in [1.82, 2.24) is 5.32 Å². The number of amides is 1. The van der Waals surface area contributed by atoms with E-state index < -0.39 is 6.10 Å². The highest BCUT2D eigenvalue weighted by molar-refractivity contribution is 5.81. The van der Waals surface area contributed by atoms with Crippen molar-refractivity contribution in [1.29, 1.82) is 0 Å². The van der Waals surface area contributed by atoms with E-state index in [0.29, 0.717) is 18.7 Å². The molecule has 80 valence electrons. The first kappa shape index (κ1) is 9.83. The molecule has 0 aliphatic carbocycles. The molecule has 3 N–H and O–H groups in total. The zero-order valence-corrected chi connectivity index (χ0v) is 8.62. The van der Waals surface area contributed by atoms with Gasteiger partial charge in [-0.05, 0) is 24.6 Å². The lowest BCUT2D eigenvalue weighted by molar-refractivity contribution is -0.127. The first-order valence-corrected chi connectivity index (χ1v) is 5.03. The van der Waals surface area contributed by atoms with Crippen molar-refractivity contribution in [2.45, 2.75) is 26.0 Å². The monoisotopic (exact) mass is 206 g/mol. The van der Waals surface area contributed by atoms with Crippen LogP contribution in [0.3, 0.4) is 0 Å². The largest absolute Gasteiger partial charge is 0.480 e. The Morgan fingerprint density at radius 1 is 1.60 bits per heavy atom. The molecule has 2 rings (SSSR count). The topological polar surface area (TPSA) is 64.3 Å². The highest BCUT2D eigenvalue weighted by Gasteiger charge is 2.23. The van der Waals surface area contributed by atoms with Crippen LogP contribution in [0.4, 0.5) is 5.69 Å². The average Bonchev–Trinajstić information content (AvgIpc) is 2.38. The van der Waals surface area contributed by atoms with Gasteiger partial charge in [0.15, 0.2) is 6.10 Å². The lowest BCUT2D eigenvalue weighted by Crippen LogP contribution is -2.35. The molecule has 4 nitrogen and oxygen atoms in total. The van der Waals surface area contributed by atoms with Crippen LogP contribution >= 0.6 is 0 Å². The summed E-state index contributed by atoms with van der Waals surface area (Å²) in [7, 11) is 0. The van der Waals surface area contributed by atoms with E-state index in [4.69, 9.17) is 10.5 Å². The van der Waals surface area contributed by atoms with Gasteiger partial charge in [-0.2, -0.15) is 0 Å². The smallest absolute Gasteiger partial charge is 0.261 e. The minimum absolute atomic E-state index is 0.0627. The Bertz CT molecular complexity index is 390. The van der Waals surface area contributed by atoms with E-state index >= 15 is 0 Å². The van der Waals surface area contributed by atoms with Crippen molar-refractivity contribution in [2.75, 3.05) is 5.73 Å². The van der Waals surface area contributed by atoms with Crippen LogP contribution in [0, 0.1) is 0 Å². The fourth-order valence-corrected chi connectivity index (χ4v) is 1.62. The van der Waals surface area contributed by atoms with Crippen molar-refractivity contribution in [3.8, 4) is 5.75 Å². The molecule has 0 fully saturated rings. The first-order valence-electron chi connectivity index (χ1n) is 5.03. The normalized spacial score (nSPS) is 19.8. The van der Waals surface area contributed by atoms with E-state index in [-0.39, 0.29) is 5.91 Å². The maximum atomic E-state index is 11.5. The van der Waals surface area contributed by atoms with E-state index in [9.17, 15) is 4.79 Å². The number of anilines is 1. The van der Waals surface area contributed by atoms with Gasteiger partial charge >= 0.3 is 0 Å². The standard InChI is InChI=1S/C11H14N2O2/c1-2-9-11(14)13-6-7-5-8(12)3-4-10(7)15-9/h3-5,9H,2,6,12H2,1H3,(H,13,14). The molecule has 0 saturated heterocycles. The van der Waals surface area contributed by atoms with Crippen LogP contribution in [0.1, 0.15) is 18.9 Å². The molecule has 0 spiro atoms. The molecular weight excluding hydrogens is 192 g/mol. The van der Waals surface area contributed by atoms with E-state index in [1.165, 1.54) is 0 Å². The van der Waals surface area contributed by atoms with Gasteiger partial charge in [-0.15, -0.1) is 0 Å². The second kappa shape index (κ2) is 3.81. The van der Waals surface area contributed by atoms with Crippen molar-refractivity contribution in [2.24, 2.45) is 0 Å². The molecule has 1 heterocycles. The van der Waals surface area contributed by atoms with Gasteiger partial charge in [0, 0.05) is 17.8 Å². The maximum absolute atomic E-state index is 11.5. The lowest BCUT2D eigenvalue weighted by Gasteiger charge is -2.13. The molecule has 1 aliphatic heterocycles. The SMILES string of the molecule is CCC1Oc2ccc(N)cc2CNC1=O. The van der Waals surface area contributed by atoms with Gasteiger partial charge in [0.25, 0.3) is 5.91 Å². The van der Waals surface area contributed by atoms with Gasteiger partial charge in [-0.25, -0.2) is 0 Å². The summed E-state index contributed by atoms with van der Waals surface area (Å²) in [6, 6.07) is 5.42. The molecule has 0 radical (unpaired) electrons. The highest BCUT2D eigenvalue weighted by Crippen LogP contribution is 2.25. The number of nitrogens with two attached hydrogens (primary N) is 1. The second-order valence-corrected chi connectivity index (χ2v) is 3.60. The summed E-state index contributed by atoms with van der Waals surface area (Å²) in [5.74, 6) is 0.682. The maximum Gasteiger partial charge on any atom is 0.261 e. The molecule has 1 amide bonds. The number of benzene rings is 1. The number of ether oxygens (including phenoxy) is 1. The number of fused-ring (bicyclic) bond motifs is 1. The summed E-state index contributed by atoms with van der Waals surface area (Å²) >= 11 is 0. The summed E-state index contributed by atoms with van der Waals surface area (Å²) in [6.07, 6.45) is 0.269. The Labute approximate surface area is 88.4 Å². The Kier molecular flexibility index (Phi) is 2.49. The minimum atomic E-state index is -0.394. The van der Waals surface area contributed by atoms with Gasteiger partial charge in [0.05, 0.1) is 0 Å². The van der Waals surface area contributed by atoms with Crippen molar-refractivity contribution >= 4 is 11.6 Å². The van der Waals surface area contributed by atoms with E-state index in [1.54, 1.807) is 6.07 Å². The number of nitrogens with one attached hydrogen (secondary N) is 1. The summed E-state index contributed by atoms with van der Waals surface area (Å²) in [4.78, 5) is 11.5. The quantitative estimate of drug-likeness (QED) is 0.675. The Morgan fingerprint density at radius 3 is 3.13 bits per heavy atom. The molecule has 0 bridgehead atoms. The van der Waals surface area contributed by atoms with E-state index in [0.717, 1.165) is 11.3 Å². The zero-order chi connectivity index (χ0) is 10.8. The predicted octanol–water partition coefficient (Wildman–Crippen LogP) is 1.06. The van der Waals surface area contributed by atoms with Gasteiger partial charge in [-0.1, -0.05) is 6.92 Å². The average molecular weight is 206 g/mol. The number of nitrogen functional groups attached to an aromatic ring is 1. The second-order valence-electron chi connectivity index (χ2n) is 3.60. The number of hydrogen-bond acceptors (Lipinski definition) is 3.